The maximum atomic E-state index is 2.59. The van der Waals surface area contributed by atoms with E-state index in [1.165, 1.54) is 93.9 Å². The third kappa shape index (κ3) is 4.82. The van der Waals surface area contributed by atoms with Gasteiger partial charge in [0.05, 0.1) is 22.4 Å². The van der Waals surface area contributed by atoms with Crippen LogP contribution >= 0.6 is 0 Å². The molecule has 0 unspecified atom stereocenters. The Kier molecular flexibility index (Phi) is 7.36. The quantitative estimate of drug-likeness (QED) is 0.169. The number of benzene rings is 9. The van der Waals surface area contributed by atoms with Gasteiger partial charge in [-0.1, -0.05) is 179 Å². The van der Waals surface area contributed by atoms with Crippen LogP contribution in [0.2, 0.25) is 0 Å². The molecule has 0 saturated carbocycles. The summed E-state index contributed by atoms with van der Waals surface area (Å²) in [7, 11) is 0. The number of nitrogens with zero attached hydrogens (tertiary/aromatic N) is 2. The average Bonchev–Trinajstić information content (AvgIpc) is 3.84. The van der Waals surface area contributed by atoms with E-state index in [0.717, 1.165) is 17.1 Å². The van der Waals surface area contributed by atoms with Crippen molar-refractivity contribution in [1.82, 2.24) is 4.57 Å². The van der Waals surface area contributed by atoms with Gasteiger partial charge >= 0.3 is 0 Å². The van der Waals surface area contributed by atoms with Gasteiger partial charge in [0.1, 0.15) is 0 Å². The van der Waals surface area contributed by atoms with Crippen LogP contribution in [0, 0.1) is 0 Å². The van der Waals surface area contributed by atoms with E-state index < -0.39 is 0 Å². The molecule has 0 atom stereocenters. The van der Waals surface area contributed by atoms with Crippen molar-refractivity contribution in [2.45, 2.75) is 38.5 Å². The van der Waals surface area contributed by atoms with Crippen LogP contribution in [-0.2, 0) is 10.8 Å². The van der Waals surface area contributed by atoms with Crippen LogP contribution in [-0.4, -0.2) is 4.57 Å². The molecule has 0 fully saturated rings. The Hall–Kier alpha value is -7.16. The molecule has 0 amide bonds. The van der Waals surface area contributed by atoms with Crippen molar-refractivity contribution >= 4 is 49.6 Å². The molecule has 2 nitrogen and oxygen atoms in total. The van der Waals surface area contributed by atoms with Gasteiger partial charge in [0.15, 0.2) is 0 Å². The molecule has 0 aliphatic heterocycles. The highest BCUT2D eigenvalue weighted by atomic mass is 15.2. The second-order valence-electron chi connectivity index (χ2n) is 17.7. The summed E-state index contributed by atoms with van der Waals surface area (Å²) in [6, 6.07) is 72.5. The molecular weight excluding hydrogens is 725 g/mol. The zero-order valence-electron chi connectivity index (χ0n) is 34.4. The van der Waals surface area contributed by atoms with Crippen LogP contribution in [0.1, 0.15) is 49.9 Å². The summed E-state index contributed by atoms with van der Waals surface area (Å²) in [5.41, 5.74) is 19.8. The molecule has 2 aliphatic rings. The summed E-state index contributed by atoms with van der Waals surface area (Å²) >= 11 is 0. The first kappa shape index (κ1) is 34.8. The number of aromatic nitrogens is 1. The lowest BCUT2D eigenvalue weighted by molar-refractivity contribution is 0.660. The van der Waals surface area contributed by atoms with Crippen molar-refractivity contribution in [3.05, 3.63) is 216 Å². The Balaban J connectivity index is 1.23. The fourth-order valence-electron chi connectivity index (χ4n) is 10.9. The normalized spacial score (nSPS) is 14.3. The summed E-state index contributed by atoms with van der Waals surface area (Å²) in [6.07, 6.45) is 0. The summed E-state index contributed by atoms with van der Waals surface area (Å²) in [4.78, 5) is 2.59. The van der Waals surface area contributed by atoms with Crippen molar-refractivity contribution in [1.29, 1.82) is 0 Å². The highest BCUT2D eigenvalue weighted by Gasteiger charge is 2.39. The van der Waals surface area contributed by atoms with Crippen molar-refractivity contribution in [2.75, 3.05) is 4.90 Å². The highest BCUT2D eigenvalue weighted by Crippen LogP contribution is 2.56. The monoisotopic (exact) mass is 768 g/mol. The van der Waals surface area contributed by atoms with Crippen molar-refractivity contribution in [3.8, 4) is 39.1 Å². The zero-order valence-corrected chi connectivity index (χ0v) is 34.4. The Morgan fingerprint density at radius 1 is 0.367 bits per heavy atom. The Bertz CT molecular complexity index is 3330. The van der Waals surface area contributed by atoms with E-state index in [2.05, 4.69) is 231 Å². The molecule has 60 heavy (non-hydrogen) atoms. The van der Waals surface area contributed by atoms with Gasteiger partial charge in [0.2, 0.25) is 0 Å². The van der Waals surface area contributed by atoms with Crippen LogP contribution in [0.25, 0.3) is 71.6 Å². The van der Waals surface area contributed by atoms with Gasteiger partial charge in [-0.3, -0.25) is 0 Å². The lowest BCUT2D eigenvalue weighted by Crippen LogP contribution is -2.18. The molecule has 0 N–H and O–H groups in total. The lowest BCUT2D eigenvalue weighted by atomic mass is 9.82. The molecular formula is C58H44N2. The maximum Gasteiger partial charge on any atom is 0.0561 e. The molecule has 286 valence electrons. The Morgan fingerprint density at radius 3 is 1.67 bits per heavy atom. The fourth-order valence-corrected chi connectivity index (χ4v) is 10.9. The molecule has 0 spiro atoms. The van der Waals surface area contributed by atoms with E-state index in [9.17, 15) is 0 Å². The molecule has 0 radical (unpaired) electrons. The van der Waals surface area contributed by atoms with Gasteiger partial charge in [0.25, 0.3) is 0 Å². The first-order valence-electron chi connectivity index (χ1n) is 21.2. The minimum absolute atomic E-state index is 0.150. The van der Waals surface area contributed by atoms with Gasteiger partial charge in [0, 0.05) is 43.9 Å². The molecule has 2 heteroatoms. The van der Waals surface area contributed by atoms with Crippen LogP contribution in [0.4, 0.5) is 17.1 Å². The van der Waals surface area contributed by atoms with Crippen molar-refractivity contribution < 1.29 is 0 Å². The summed E-state index contributed by atoms with van der Waals surface area (Å²) in [5.74, 6) is 0. The first-order chi connectivity index (χ1) is 29.3. The van der Waals surface area contributed by atoms with E-state index in [1.807, 2.05) is 0 Å². The molecule has 10 aromatic rings. The fraction of sp³-hybridized carbons (Fsp3) is 0.103. The molecule has 1 heterocycles. The SMILES string of the molecule is CC1(C)c2ccccc2-c2ccc(N(c3cccc4c3-c3ccccc3C4(C)C)c3cc(-n4c5ccccc5c5ccccc54)cc4c(-c5ccccc5)cccc34)cc21. The van der Waals surface area contributed by atoms with Crippen LogP contribution in [0.3, 0.4) is 0 Å². The number of hydrogen-bond donors (Lipinski definition) is 0. The van der Waals surface area contributed by atoms with E-state index in [1.54, 1.807) is 0 Å². The van der Waals surface area contributed by atoms with Gasteiger partial charge in [-0.05, 0) is 97.9 Å². The summed E-state index contributed by atoms with van der Waals surface area (Å²) in [6.45, 7) is 9.53. The van der Waals surface area contributed by atoms with Gasteiger partial charge in [-0.15, -0.1) is 0 Å². The number of rotatable bonds is 5. The van der Waals surface area contributed by atoms with Crippen LogP contribution in [0.5, 0.6) is 0 Å². The van der Waals surface area contributed by atoms with Crippen LogP contribution < -0.4 is 4.90 Å². The van der Waals surface area contributed by atoms with Gasteiger partial charge in [-0.2, -0.15) is 0 Å². The standard InChI is InChI=1S/C58H44N2/c1-57(2)49-27-13-9-23-46(49)56-50(57)28-17-31-54(56)59(38-32-33-42-41-20-8-12-26-48(41)58(3,4)51(42)35-38)55-36-39(34-47-40(24-16-25-45(47)55)37-18-6-5-7-19-37)60-52-29-14-10-21-43(52)44-22-11-15-30-53(44)60/h5-36H,1-4H3. The third-order valence-electron chi connectivity index (χ3n) is 13.8. The topological polar surface area (TPSA) is 8.17 Å². The number of fused-ring (bicyclic) bond motifs is 10. The summed E-state index contributed by atoms with van der Waals surface area (Å²) in [5, 5.41) is 4.92. The van der Waals surface area contributed by atoms with Gasteiger partial charge < -0.3 is 9.47 Å². The molecule has 2 aliphatic carbocycles. The van der Waals surface area contributed by atoms with E-state index in [0.29, 0.717) is 0 Å². The largest absolute Gasteiger partial charge is 0.309 e. The zero-order chi connectivity index (χ0) is 40.3. The predicted molar refractivity (Wildman–Crippen MR) is 254 cm³/mol. The van der Waals surface area contributed by atoms with Crippen LogP contribution in [0.15, 0.2) is 194 Å². The first-order valence-corrected chi connectivity index (χ1v) is 21.2. The average molecular weight is 769 g/mol. The molecule has 1 aromatic heterocycles. The molecule has 12 rings (SSSR count). The van der Waals surface area contributed by atoms with E-state index in [-0.39, 0.29) is 10.8 Å². The van der Waals surface area contributed by atoms with Gasteiger partial charge in [-0.25, -0.2) is 0 Å². The van der Waals surface area contributed by atoms with Crippen molar-refractivity contribution in [3.63, 3.8) is 0 Å². The third-order valence-corrected chi connectivity index (χ3v) is 13.8. The minimum atomic E-state index is -0.159. The number of para-hydroxylation sites is 2. The smallest absolute Gasteiger partial charge is 0.0561 e. The van der Waals surface area contributed by atoms with E-state index >= 15 is 0 Å². The molecule has 0 bridgehead atoms. The second kappa shape index (κ2) is 12.7. The number of hydrogen-bond acceptors (Lipinski definition) is 1. The van der Waals surface area contributed by atoms with Crippen molar-refractivity contribution in [2.24, 2.45) is 0 Å². The predicted octanol–water partition coefficient (Wildman–Crippen LogP) is 15.7. The Morgan fingerprint density at radius 2 is 0.917 bits per heavy atom. The maximum absolute atomic E-state index is 2.59. The summed E-state index contributed by atoms with van der Waals surface area (Å²) < 4.78 is 2.48. The minimum Gasteiger partial charge on any atom is -0.309 e. The molecule has 0 saturated heterocycles. The second-order valence-corrected chi connectivity index (χ2v) is 17.7. The Labute approximate surface area is 351 Å². The lowest BCUT2D eigenvalue weighted by Gasteiger charge is -2.32. The highest BCUT2D eigenvalue weighted by molar-refractivity contribution is 6.12. The van der Waals surface area contributed by atoms with E-state index in [4.69, 9.17) is 0 Å². The molecule has 9 aromatic carbocycles. The number of anilines is 3.